The van der Waals surface area contributed by atoms with Crippen molar-refractivity contribution in [2.45, 2.75) is 6.92 Å². The molecule has 3 aromatic heterocycles. The molecule has 0 amide bonds. The van der Waals surface area contributed by atoms with E-state index in [0.717, 1.165) is 27.7 Å². The summed E-state index contributed by atoms with van der Waals surface area (Å²) >= 11 is 0. The van der Waals surface area contributed by atoms with Crippen LogP contribution in [0.2, 0.25) is 0 Å². The molecular formula is C19H17N5O. The Balaban J connectivity index is 1.93. The number of H-pyrrole nitrogens is 1. The van der Waals surface area contributed by atoms with Crippen molar-refractivity contribution in [1.82, 2.24) is 19.7 Å². The fourth-order valence-electron chi connectivity index (χ4n) is 2.94. The van der Waals surface area contributed by atoms with Crippen LogP contribution < -0.4 is 10.9 Å². The molecule has 124 valence electrons. The van der Waals surface area contributed by atoms with Crippen molar-refractivity contribution in [3.8, 4) is 11.1 Å². The number of nitrogens with one attached hydrogen (secondary N) is 2. The smallest absolute Gasteiger partial charge is 0.271 e. The third-order valence-corrected chi connectivity index (χ3v) is 4.35. The van der Waals surface area contributed by atoms with Gasteiger partial charge >= 0.3 is 0 Å². The molecule has 0 fully saturated rings. The predicted octanol–water partition coefficient (Wildman–Crippen LogP) is 3.38. The highest BCUT2D eigenvalue weighted by atomic mass is 16.1. The first-order chi connectivity index (χ1) is 12.1. The topological polar surface area (TPSA) is 75.6 Å². The van der Waals surface area contributed by atoms with Gasteiger partial charge in [-0.3, -0.25) is 9.78 Å². The van der Waals surface area contributed by atoms with Crippen LogP contribution in [-0.2, 0) is 7.05 Å². The number of nitrogens with zero attached hydrogens (tertiary/aromatic N) is 3. The lowest BCUT2D eigenvalue weighted by atomic mass is 10.0. The number of aromatic amines is 1. The van der Waals surface area contributed by atoms with Gasteiger partial charge in [-0.15, -0.1) is 0 Å². The van der Waals surface area contributed by atoms with E-state index in [9.17, 15) is 4.79 Å². The highest BCUT2D eigenvalue weighted by molar-refractivity contribution is 6.02. The van der Waals surface area contributed by atoms with Gasteiger partial charge < -0.3 is 10.3 Å². The molecule has 0 aliphatic heterocycles. The zero-order chi connectivity index (χ0) is 17.4. The first-order valence-corrected chi connectivity index (χ1v) is 7.95. The summed E-state index contributed by atoms with van der Waals surface area (Å²) < 4.78 is 1.33. The molecule has 6 heteroatoms. The third-order valence-electron chi connectivity index (χ3n) is 4.35. The molecule has 0 spiro atoms. The number of aryl methyl sites for hydroxylation is 1. The molecule has 0 aliphatic rings. The Morgan fingerprint density at radius 3 is 2.84 bits per heavy atom. The van der Waals surface area contributed by atoms with Crippen LogP contribution in [0.5, 0.6) is 0 Å². The molecule has 0 atom stereocenters. The van der Waals surface area contributed by atoms with Gasteiger partial charge in [0.15, 0.2) is 0 Å². The van der Waals surface area contributed by atoms with Crippen LogP contribution in [0.1, 0.15) is 5.56 Å². The monoisotopic (exact) mass is 331 g/mol. The SMILES string of the molecule is Cc1c(Nc2c(-c3cccnc3)ccc3[nH]ccc23)cnn(C)c1=O. The molecule has 0 radical (unpaired) electrons. The van der Waals surface area contributed by atoms with Crippen LogP contribution in [0.4, 0.5) is 11.4 Å². The van der Waals surface area contributed by atoms with Gasteiger partial charge in [-0.2, -0.15) is 5.10 Å². The number of hydrogen-bond donors (Lipinski definition) is 2. The van der Waals surface area contributed by atoms with Crippen LogP contribution in [0.15, 0.2) is 59.9 Å². The molecule has 2 N–H and O–H groups in total. The average molecular weight is 331 g/mol. The standard InChI is InChI=1S/C19H17N5O/c1-12-17(11-22-24(2)19(12)25)23-18-14(13-4-3-8-20-10-13)5-6-16-15(18)7-9-21-16/h3-11,21,23H,1-2H3. The van der Waals surface area contributed by atoms with E-state index in [2.05, 4.69) is 20.4 Å². The third kappa shape index (κ3) is 2.57. The molecule has 0 bridgehead atoms. The molecule has 0 saturated carbocycles. The molecule has 0 aliphatic carbocycles. The maximum absolute atomic E-state index is 12.2. The normalized spacial score (nSPS) is 11.0. The first kappa shape index (κ1) is 15.1. The van der Waals surface area contributed by atoms with E-state index in [0.29, 0.717) is 11.3 Å². The van der Waals surface area contributed by atoms with Gasteiger partial charge in [0, 0.05) is 53.2 Å². The van der Waals surface area contributed by atoms with Crippen molar-refractivity contribution in [1.29, 1.82) is 0 Å². The summed E-state index contributed by atoms with van der Waals surface area (Å²) in [4.78, 5) is 19.6. The molecule has 6 nitrogen and oxygen atoms in total. The zero-order valence-electron chi connectivity index (χ0n) is 13.9. The molecular weight excluding hydrogens is 314 g/mol. The minimum atomic E-state index is -0.117. The summed E-state index contributed by atoms with van der Waals surface area (Å²) in [7, 11) is 1.65. The number of hydrogen-bond acceptors (Lipinski definition) is 4. The summed E-state index contributed by atoms with van der Waals surface area (Å²) in [6.45, 7) is 1.80. The van der Waals surface area contributed by atoms with Gasteiger partial charge in [0.1, 0.15) is 0 Å². The number of aromatic nitrogens is 4. The lowest BCUT2D eigenvalue weighted by Crippen LogP contribution is -2.22. The first-order valence-electron chi connectivity index (χ1n) is 7.95. The minimum absolute atomic E-state index is 0.117. The van der Waals surface area contributed by atoms with Crippen LogP contribution >= 0.6 is 0 Å². The Morgan fingerprint density at radius 2 is 2.04 bits per heavy atom. The van der Waals surface area contributed by atoms with Gasteiger partial charge in [0.05, 0.1) is 17.6 Å². The summed E-state index contributed by atoms with van der Waals surface area (Å²) in [5.41, 5.74) is 5.16. The van der Waals surface area contributed by atoms with Crippen molar-refractivity contribution in [3.63, 3.8) is 0 Å². The highest BCUT2D eigenvalue weighted by Crippen LogP contribution is 2.36. The Morgan fingerprint density at radius 1 is 1.16 bits per heavy atom. The van der Waals surface area contributed by atoms with Crippen molar-refractivity contribution < 1.29 is 0 Å². The van der Waals surface area contributed by atoms with Crippen LogP contribution in [0.25, 0.3) is 22.0 Å². The fourth-order valence-corrected chi connectivity index (χ4v) is 2.94. The minimum Gasteiger partial charge on any atom is -0.361 e. The second kappa shape index (κ2) is 5.90. The maximum atomic E-state index is 12.2. The van der Waals surface area contributed by atoms with Crippen LogP contribution in [0.3, 0.4) is 0 Å². The molecule has 25 heavy (non-hydrogen) atoms. The number of benzene rings is 1. The van der Waals surface area contributed by atoms with E-state index in [1.807, 2.05) is 42.7 Å². The number of anilines is 2. The van der Waals surface area contributed by atoms with Crippen molar-refractivity contribution in [2.75, 3.05) is 5.32 Å². The van der Waals surface area contributed by atoms with Gasteiger partial charge in [-0.05, 0) is 25.1 Å². The Hall–Kier alpha value is -3.41. The molecule has 3 heterocycles. The summed E-state index contributed by atoms with van der Waals surface area (Å²) in [5.74, 6) is 0. The van der Waals surface area contributed by atoms with E-state index < -0.39 is 0 Å². The van der Waals surface area contributed by atoms with Crippen molar-refractivity contribution in [2.24, 2.45) is 7.05 Å². The summed E-state index contributed by atoms with van der Waals surface area (Å²) in [6.07, 6.45) is 7.15. The maximum Gasteiger partial charge on any atom is 0.271 e. The lowest BCUT2D eigenvalue weighted by molar-refractivity contribution is 0.702. The fraction of sp³-hybridized carbons (Fsp3) is 0.105. The zero-order valence-corrected chi connectivity index (χ0v) is 13.9. The summed E-state index contributed by atoms with van der Waals surface area (Å²) in [6, 6.07) is 10.0. The van der Waals surface area contributed by atoms with E-state index >= 15 is 0 Å². The van der Waals surface area contributed by atoms with Crippen LogP contribution in [0, 0.1) is 6.92 Å². The Labute approximate surface area is 144 Å². The van der Waals surface area contributed by atoms with Gasteiger partial charge in [-0.1, -0.05) is 12.1 Å². The quantitative estimate of drug-likeness (QED) is 0.603. The number of fused-ring (bicyclic) bond motifs is 1. The largest absolute Gasteiger partial charge is 0.361 e. The van der Waals surface area contributed by atoms with Crippen molar-refractivity contribution >= 4 is 22.3 Å². The summed E-state index contributed by atoms with van der Waals surface area (Å²) in [5, 5.41) is 8.58. The number of rotatable bonds is 3. The highest BCUT2D eigenvalue weighted by Gasteiger charge is 2.13. The number of pyridine rings is 1. The Kier molecular flexibility index (Phi) is 3.57. The predicted molar refractivity (Wildman–Crippen MR) is 99.0 cm³/mol. The van der Waals surface area contributed by atoms with E-state index in [1.165, 1.54) is 4.68 Å². The molecule has 4 aromatic rings. The van der Waals surface area contributed by atoms with E-state index in [-0.39, 0.29) is 5.56 Å². The van der Waals surface area contributed by atoms with Gasteiger partial charge in [-0.25, -0.2) is 4.68 Å². The second-order valence-electron chi connectivity index (χ2n) is 5.91. The van der Waals surface area contributed by atoms with Gasteiger partial charge in [0.25, 0.3) is 5.56 Å². The van der Waals surface area contributed by atoms with E-state index in [4.69, 9.17) is 0 Å². The average Bonchev–Trinajstić information content (AvgIpc) is 3.12. The lowest BCUT2D eigenvalue weighted by Gasteiger charge is -2.15. The van der Waals surface area contributed by atoms with Gasteiger partial charge in [0.2, 0.25) is 0 Å². The molecule has 0 unspecified atom stereocenters. The molecule has 0 saturated heterocycles. The molecule has 4 rings (SSSR count). The second-order valence-corrected chi connectivity index (χ2v) is 5.91. The Bertz CT molecular complexity index is 1110. The molecule has 1 aromatic carbocycles. The van der Waals surface area contributed by atoms with Crippen molar-refractivity contribution in [3.05, 3.63) is 71.0 Å². The van der Waals surface area contributed by atoms with Crippen LogP contribution in [-0.4, -0.2) is 19.7 Å². The van der Waals surface area contributed by atoms with E-state index in [1.54, 1.807) is 26.4 Å².